The molecule has 0 aliphatic rings. The van der Waals surface area contributed by atoms with Gasteiger partial charge < -0.3 is 9.64 Å². The highest BCUT2D eigenvalue weighted by atomic mass is 79.9. The topological polar surface area (TPSA) is 86.0 Å². The Kier molecular flexibility index (Phi) is 7.90. The van der Waals surface area contributed by atoms with Gasteiger partial charge in [0.25, 0.3) is 5.56 Å². The van der Waals surface area contributed by atoms with E-state index in [0.717, 1.165) is 33.7 Å². The van der Waals surface area contributed by atoms with Crippen LogP contribution < -0.4 is 15.2 Å². The molecule has 8 nitrogen and oxygen atoms in total. The van der Waals surface area contributed by atoms with Gasteiger partial charge in [-0.2, -0.15) is 4.98 Å². The molecule has 0 N–H and O–H groups in total. The van der Waals surface area contributed by atoms with Crippen LogP contribution in [0, 0.1) is 6.92 Å². The van der Waals surface area contributed by atoms with E-state index in [0.29, 0.717) is 46.2 Å². The van der Waals surface area contributed by atoms with Gasteiger partial charge in [0, 0.05) is 65.0 Å². The Bertz CT molecular complexity index is 1710. The minimum absolute atomic E-state index is 0.172. The zero-order valence-corrected chi connectivity index (χ0v) is 24.1. The molecule has 0 spiro atoms. The van der Waals surface area contributed by atoms with Crippen molar-refractivity contribution in [2.75, 3.05) is 24.4 Å². The highest BCUT2D eigenvalue weighted by Crippen LogP contribution is 2.31. The first kappa shape index (κ1) is 26.8. The van der Waals surface area contributed by atoms with Gasteiger partial charge in [0.05, 0.1) is 24.7 Å². The van der Waals surface area contributed by atoms with Gasteiger partial charge in [0.15, 0.2) is 0 Å². The molecule has 0 atom stereocenters. The summed E-state index contributed by atoms with van der Waals surface area (Å²) in [6.07, 6.45) is 5.14. The Morgan fingerprint density at radius 3 is 2.51 bits per heavy atom. The fourth-order valence-electron chi connectivity index (χ4n) is 4.39. The van der Waals surface area contributed by atoms with Crippen LogP contribution in [-0.2, 0) is 13.1 Å². The number of anilines is 1. The molecule has 3 heterocycles. The fraction of sp³-hybridized carbons (Fsp3) is 0.207. The number of hydrogen-bond donors (Lipinski definition) is 0. The van der Waals surface area contributed by atoms with E-state index in [-0.39, 0.29) is 5.56 Å². The maximum Gasteiger partial charge on any atom is 0.260 e. The van der Waals surface area contributed by atoms with Crippen LogP contribution >= 0.6 is 27.5 Å². The number of ether oxygens (including phenoxy) is 1. The van der Waals surface area contributed by atoms with Crippen LogP contribution in [0.1, 0.15) is 11.3 Å². The normalized spacial score (nSPS) is 11.1. The quantitative estimate of drug-likeness (QED) is 0.203. The maximum absolute atomic E-state index is 13.7. The Hall–Kier alpha value is -3.82. The molecule has 0 aliphatic carbocycles. The smallest absolute Gasteiger partial charge is 0.260 e. The monoisotopic (exact) mass is 604 g/mol. The lowest BCUT2D eigenvalue weighted by molar-refractivity contribution is 0.414. The van der Waals surface area contributed by atoms with Crippen LogP contribution in [0.2, 0.25) is 5.02 Å². The minimum atomic E-state index is -0.172. The van der Waals surface area contributed by atoms with Crippen molar-refractivity contribution in [3.8, 4) is 28.1 Å². The van der Waals surface area contributed by atoms with Crippen molar-refractivity contribution >= 4 is 44.5 Å². The molecular formula is C29H26BrClN6O2. The highest BCUT2D eigenvalue weighted by molar-refractivity contribution is 9.09. The first-order valence-corrected chi connectivity index (χ1v) is 13.8. The molecule has 5 aromatic rings. The molecule has 198 valence electrons. The van der Waals surface area contributed by atoms with E-state index in [1.807, 2.05) is 67.4 Å². The summed E-state index contributed by atoms with van der Waals surface area (Å²) in [5.41, 5.74) is 4.97. The molecule has 39 heavy (non-hydrogen) atoms. The summed E-state index contributed by atoms with van der Waals surface area (Å²) in [5.74, 6) is 1.33. The third kappa shape index (κ3) is 5.65. The van der Waals surface area contributed by atoms with Crippen molar-refractivity contribution in [2.24, 2.45) is 0 Å². The summed E-state index contributed by atoms with van der Waals surface area (Å²) < 4.78 is 6.91. The van der Waals surface area contributed by atoms with Gasteiger partial charge in [0.1, 0.15) is 11.4 Å². The molecule has 0 fully saturated rings. The van der Waals surface area contributed by atoms with E-state index in [1.165, 1.54) is 0 Å². The van der Waals surface area contributed by atoms with E-state index >= 15 is 0 Å². The number of alkyl halides is 1. The van der Waals surface area contributed by atoms with Gasteiger partial charge in [-0.15, -0.1) is 0 Å². The Morgan fingerprint density at radius 2 is 1.82 bits per heavy atom. The zero-order valence-electron chi connectivity index (χ0n) is 21.7. The summed E-state index contributed by atoms with van der Waals surface area (Å²) in [7, 11) is 3.57. The second-order valence-electron chi connectivity index (χ2n) is 9.10. The third-order valence-electron chi connectivity index (χ3n) is 6.35. The number of nitrogens with zero attached hydrogens (tertiary/aromatic N) is 6. The number of methoxy groups -OCH3 is 1. The Morgan fingerprint density at radius 1 is 1.03 bits per heavy atom. The number of benzene rings is 2. The van der Waals surface area contributed by atoms with Gasteiger partial charge in [-0.1, -0.05) is 51.8 Å². The number of pyridine rings is 1. The van der Waals surface area contributed by atoms with Gasteiger partial charge in [0.2, 0.25) is 5.95 Å². The molecule has 0 radical (unpaired) electrons. The van der Waals surface area contributed by atoms with E-state index in [1.54, 1.807) is 30.3 Å². The summed E-state index contributed by atoms with van der Waals surface area (Å²) in [6.45, 7) is 2.93. The number of rotatable bonds is 8. The SMILES string of the molecule is COc1ccc(CN(C)c2ncc3cc(-c4ccc(-c5cncc(C)n5)cc4Cl)c(=O)n(CCBr)c3n2)cc1. The molecule has 5 rings (SSSR count). The number of hydrogen-bond acceptors (Lipinski definition) is 7. The van der Waals surface area contributed by atoms with Crippen molar-refractivity contribution < 1.29 is 4.74 Å². The maximum atomic E-state index is 13.7. The molecule has 2 aromatic carbocycles. The van der Waals surface area contributed by atoms with Gasteiger partial charge >= 0.3 is 0 Å². The van der Waals surface area contributed by atoms with Gasteiger partial charge in [-0.25, -0.2) is 9.97 Å². The van der Waals surface area contributed by atoms with Crippen LogP contribution in [0.25, 0.3) is 33.4 Å². The predicted octanol–water partition coefficient (Wildman–Crippen LogP) is 5.92. The molecule has 0 bridgehead atoms. The molecule has 0 saturated heterocycles. The molecule has 0 aliphatic heterocycles. The predicted molar refractivity (Wildman–Crippen MR) is 159 cm³/mol. The Labute approximate surface area is 239 Å². The second-order valence-corrected chi connectivity index (χ2v) is 10.3. The average Bonchev–Trinajstić information content (AvgIpc) is 2.94. The number of halogens is 2. The van der Waals surface area contributed by atoms with E-state index in [9.17, 15) is 4.79 Å². The van der Waals surface area contributed by atoms with E-state index < -0.39 is 0 Å². The van der Waals surface area contributed by atoms with Crippen LogP contribution in [0.15, 0.2) is 71.9 Å². The first-order valence-electron chi connectivity index (χ1n) is 12.3. The average molecular weight is 606 g/mol. The molecule has 0 amide bonds. The minimum Gasteiger partial charge on any atom is -0.497 e. The molecule has 3 aromatic heterocycles. The summed E-state index contributed by atoms with van der Waals surface area (Å²) in [6, 6.07) is 15.2. The molecule has 0 unspecified atom stereocenters. The van der Waals surface area contributed by atoms with E-state index in [2.05, 4.69) is 30.9 Å². The van der Waals surface area contributed by atoms with Crippen molar-refractivity contribution in [3.05, 3.63) is 93.8 Å². The lowest BCUT2D eigenvalue weighted by Crippen LogP contribution is -2.25. The second kappa shape index (κ2) is 11.5. The van der Waals surface area contributed by atoms with Crippen molar-refractivity contribution in [1.82, 2.24) is 24.5 Å². The summed E-state index contributed by atoms with van der Waals surface area (Å²) >= 11 is 10.2. The molecule has 10 heteroatoms. The summed E-state index contributed by atoms with van der Waals surface area (Å²) in [4.78, 5) is 33.8. The fourth-order valence-corrected chi connectivity index (χ4v) is 5.03. The third-order valence-corrected chi connectivity index (χ3v) is 7.02. The number of aryl methyl sites for hydroxylation is 2. The Balaban J connectivity index is 1.53. The standard InChI is InChI=1S/C29H26BrClN6O2/c1-18-14-32-16-26(34-18)20-6-9-23(25(31)13-20)24-12-21-15-33-29(35-27(21)37(11-10-30)28(24)38)36(2)17-19-4-7-22(39-3)8-5-19/h4-9,12-16H,10-11,17H2,1-3H3. The van der Waals surface area contributed by atoms with Crippen LogP contribution in [0.4, 0.5) is 5.95 Å². The van der Waals surface area contributed by atoms with Crippen molar-refractivity contribution in [2.45, 2.75) is 20.0 Å². The summed E-state index contributed by atoms with van der Waals surface area (Å²) in [5, 5.41) is 1.79. The van der Waals surface area contributed by atoms with Crippen molar-refractivity contribution in [3.63, 3.8) is 0 Å². The van der Waals surface area contributed by atoms with Crippen LogP contribution in [0.5, 0.6) is 5.75 Å². The number of fused-ring (bicyclic) bond motifs is 1. The lowest BCUT2D eigenvalue weighted by Gasteiger charge is -2.19. The van der Waals surface area contributed by atoms with Crippen molar-refractivity contribution in [1.29, 1.82) is 0 Å². The van der Waals surface area contributed by atoms with E-state index in [4.69, 9.17) is 21.3 Å². The zero-order chi connectivity index (χ0) is 27.5. The molecule has 0 saturated carbocycles. The van der Waals surface area contributed by atoms with Gasteiger partial charge in [-0.3, -0.25) is 14.3 Å². The molecular weight excluding hydrogens is 580 g/mol. The van der Waals surface area contributed by atoms with Crippen LogP contribution in [0.3, 0.4) is 0 Å². The largest absolute Gasteiger partial charge is 0.497 e. The number of aromatic nitrogens is 5. The van der Waals surface area contributed by atoms with Crippen LogP contribution in [-0.4, -0.2) is 44.0 Å². The first-order chi connectivity index (χ1) is 18.9. The lowest BCUT2D eigenvalue weighted by atomic mass is 10.0. The van der Waals surface area contributed by atoms with Gasteiger partial charge in [-0.05, 0) is 36.8 Å². The highest BCUT2D eigenvalue weighted by Gasteiger charge is 2.17.